The molecule has 2 aromatic rings. The first-order valence-corrected chi connectivity index (χ1v) is 9.54. The first-order chi connectivity index (χ1) is 13.3. The van der Waals surface area contributed by atoms with E-state index in [1.165, 1.54) is 0 Å². The van der Waals surface area contributed by atoms with Crippen LogP contribution in [0.4, 0.5) is 0 Å². The first-order valence-electron chi connectivity index (χ1n) is 9.54. The molecule has 0 radical (unpaired) electrons. The van der Waals surface area contributed by atoms with Gasteiger partial charge in [-0.15, -0.1) is 0 Å². The van der Waals surface area contributed by atoms with E-state index in [1.807, 2.05) is 19.9 Å². The van der Waals surface area contributed by atoms with Crippen molar-refractivity contribution >= 4 is 22.8 Å². The number of hydrogen-bond acceptors (Lipinski definition) is 5. The number of benzene rings is 1. The van der Waals surface area contributed by atoms with Gasteiger partial charge in [0.15, 0.2) is 6.10 Å². The second kappa shape index (κ2) is 8.04. The summed E-state index contributed by atoms with van der Waals surface area (Å²) in [6, 6.07) is 4.20. The molecule has 0 spiro atoms. The number of carbonyl (C=O) groups excluding carboxylic acids is 1. The van der Waals surface area contributed by atoms with Gasteiger partial charge in [0.1, 0.15) is 17.4 Å². The van der Waals surface area contributed by atoms with Gasteiger partial charge in [0.2, 0.25) is 0 Å². The Morgan fingerprint density at radius 2 is 1.93 bits per heavy atom. The summed E-state index contributed by atoms with van der Waals surface area (Å²) in [6.07, 6.45) is 1.97. The maximum Gasteiger partial charge on any atom is 0.339 e. The topological polar surface area (TPSA) is 106 Å². The third-order valence-corrected chi connectivity index (χ3v) is 4.95. The molecule has 28 heavy (non-hydrogen) atoms. The number of aryl methyl sites for hydroxylation is 1. The largest absolute Gasteiger partial charge is 0.481 e. The van der Waals surface area contributed by atoms with Crippen LogP contribution in [-0.4, -0.2) is 29.1 Å². The van der Waals surface area contributed by atoms with Crippen LogP contribution in [-0.2, 0) is 22.4 Å². The van der Waals surface area contributed by atoms with Gasteiger partial charge in [-0.05, 0) is 56.2 Å². The van der Waals surface area contributed by atoms with Crippen LogP contribution in [0.2, 0.25) is 0 Å². The third-order valence-electron chi connectivity index (χ3n) is 4.95. The Hall–Kier alpha value is -2.83. The molecule has 2 N–H and O–H groups in total. The van der Waals surface area contributed by atoms with E-state index in [0.29, 0.717) is 17.8 Å². The number of amides is 1. The molecule has 1 unspecified atom stereocenters. The van der Waals surface area contributed by atoms with Gasteiger partial charge in [0.25, 0.3) is 5.91 Å². The Kier molecular flexibility index (Phi) is 5.72. The van der Waals surface area contributed by atoms with Crippen molar-refractivity contribution in [3.63, 3.8) is 0 Å². The fourth-order valence-electron chi connectivity index (χ4n) is 3.58. The van der Waals surface area contributed by atoms with Crippen molar-refractivity contribution in [1.29, 1.82) is 0 Å². The summed E-state index contributed by atoms with van der Waals surface area (Å²) >= 11 is 0. The van der Waals surface area contributed by atoms with Gasteiger partial charge in [-0.1, -0.05) is 13.8 Å². The monoisotopic (exact) mass is 387 g/mol. The Morgan fingerprint density at radius 1 is 1.21 bits per heavy atom. The number of carboxylic acid groups (broad SMARTS) is 1. The summed E-state index contributed by atoms with van der Waals surface area (Å²) in [5, 5.41) is 12.7. The molecule has 1 amide bonds. The molecule has 7 heteroatoms. The summed E-state index contributed by atoms with van der Waals surface area (Å²) in [6.45, 7) is 5.33. The lowest BCUT2D eigenvalue weighted by Crippen LogP contribution is -2.46. The number of carboxylic acids is 1. The number of carbonyl (C=O) groups is 2. The van der Waals surface area contributed by atoms with E-state index in [9.17, 15) is 19.5 Å². The van der Waals surface area contributed by atoms with Gasteiger partial charge in [-0.3, -0.25) is 4.79 Å². The van der Waals surface area contributed by atoms with Crippen LogP contribution in [0.1, 0.15) is 44.7 Å². The molecule has 1 aliphatic rings. The lowest BCUT2D eigenvalue weighted by Gasteiger charge is -2.20. The SMILES string of the molecule is CC(C)C[C@H](NC(=O)C(C)Oc1ccc2c3c(c(=O)oc2c1)CCC3)C(=O)O. The minimum Gasteiger partial charge on any atom is -0.481 e. The lowest BCUT2D eigenvalue weighted by atomic mass is 10.0. The average Bonchev–Trinajstić information content (AvgIpc) is 3.11. The maximum absolute atomic E-state index is 12.3. The van der Waals surface area contributed by atoms with Gasteiger partial charge >= 0.3 is 11.6 Å². The zero-order chi connectivity index (χ0) is 20.4. The summed E-state index contributed by atoms with van der Waals surface area (Å²) < 4.78 is 11.1. The summed E-state index contributed by atoms with van der Waals surface area (Å²) in [7, 11) is 0. The van der Waals surface area contributed by atoms with Crippen molar-refractivity contribution in [2.75, 3.05) is 0 Å². The van der Waals surface area contributed by atoms with Crippen molar-refractivity contribution < 1.29 is 23.8 Å². The second-order valence-electron chi connectivity index (χ2n) is 7.65. The highest BCUT2D eigenvalue weighted by atomic mass is 16.5. The molecular weight excluding hydrogens is 362 g/mol. The molecule has 0 bridgehead atoms. The van der Waals surface area contributed by atoms with Crippen LogP contribution < -0.4 is 15.7 Å². The number of nitrogens with one attached hydrogen (secondary N) is 1. The molecular formula is C21H25NO6. The molecule has 0 aliphatic heterocycles. The molecule has 1 aliphatic carbocycles. The van der Waals surface area contributed by atoms with Gasteiger partial charge < -0.3 is 19.6 Å². The number of ether oxygens (including phenoxy) is 1. The van der Waals surface area contributed by atoms with E-state index in [2.05, 4.69) is 5.32 Å². The van der Waals surface area contributed by atoms with E-state index in [0.717, 1.165) is 35.8 Å². The minimum atomic E-state index is -1.07. The van der Waals surface area contributed by atoms with Gasteiger partial charge in [0, 0.05) is 17.0 Å². The highest BCUT2D eigenvalue weighted by Crippen LogP contribution is 2.29. The summed E-state index contributed by atoms with van der Waals surface area (Å²) in [5.74, 6) is -1.08. The zero-order valence-electron chi connectivity index (χ0n) is 16.3. The molecule has 1 heterocycles. The van der Waals surface area contributed by atoms with Gasteiger partial charge in [-0.25, -0.2) is 9.59 Å². The Balaban J connectivity index is 1.75. The number of fused-ring (bicyclic) bond motifs is 3. The van der Waals surface area contributed by atoms with Crippen molar-refractivity contribution in [1.82, 2.24) is 5.32 Å². The van der Waals surface area contributed by atoms with Crippen molar-refractivity contribution in [3.8, 4) is 5.75 Å². The van der Waals surface area contributed by atoms with Crippen LogP contribution in [0.25, 0.3) is 11.0 Å². The van der Waals surface area contributed by atoms with Crippen molar-refractivity contribution in [2.24, 2.45) is 5.92 Å². The van der Waals surface area contributed by atoms with Crippen molar-refractivity contribution in [2.45, 2.75) is 58.6 Å². The molecule has 0 saturated carbocycles. The van der Waals surface area contributed by atoms with Crippen LogP contribution >= 0.6 is 0 Å². The Morgan fingerprint density at radius 3 is 2.61 bits per heavy atom. The maximum atomic E-state index is 12.3. The lowest BCUT2D eigenvalue weighted by molar-refractivity contribution is -0.143. The predicted molar refractivity (Wildman–Crippen MR) is 104 cm³/mol. The molecule has 0 fully saturated rings. The van der Waals surface area contributed by atoms with Gasteiger partial charge in [-0.2, -0.15) is 0 Å². The molecule has 1 aromatic carbocycles. The van der Waals surface area contributed by atoms with E-state index >= 15 is 0 Å². The predicted octanol–water partition coefficient (Wildman–Crippen LogP) is 2.66. The van der Waals surface area contributed by atoms with E-state index in [4.69, 9.17) is 9.15 Å². The molecule has 150 valence electrons. The van der Waals surface area contributed by atoms with E-state index in [1.54, 1.807) is 19.1 Å². The quantitative estimate of drug-likeness (QED) is 0.708. The van der Waals surface area contributed by atoms with Crippen LogP contribution in [0.5, 0.6) is 5.75 Å². The highest BCUT2D eigenvalue weighted by molar-refractivity contribution is 5.87. The van der Waals surface area contributed by atoms with Gasteiger partial charge in [0.05, 0.1) is 0 Å². The second-order valence-corrected chi connectivity index (χ2v) is 7.65. The van der Waals surface area contributed by atoms with E-state index < -0.39 is 24.0 Å². The summed E-state index contributed by atoms with van der Waals surface area (Å²) in [5.41, 5.74) is 1.89. The fraction of sp³-hybridized carbons (Fsp3) is 0.476. The average molecular weight is 387 g/mol. The van der Waals surface area contributed by atoms with Crippen molar-refractivity contribution in [3.05, 3.63) is 39.7 Å². The van der Waals surface area contributed by atoms with Crippen LogP contribution in [0, 0.1) is 5.92 Å². The smallest absolute Gasteiger partial charge is 0.339 e. The molecule has 0 saturated heterocycles. The molecule has 1 aromatic heterocycles. The molecule has 3 rings (SSSR count). The number of hydrogen-bond donors (Lipinski definition) is 2. The molecule has 2 atom stereocenters. The molecule has 7 nitrogen and oxygen atoms in total. The number of rotatable bonds is 7. The minimum absolute atomic E-state index is 0.128. The Labute approximate surface area is 162 Å². The standard InChI is InChI=1S/C21H25NO6/c1-11(2)9-17(20(24)25)22-19(23)12(3)27-13-7-8-15-14-5-4-6-16(14)21(26)28-18(15)10-13/h7-8,10-12,17H,4-6,9H2,1-3H3,(H,22,23)(H,24,25)/t12?,17-/m0/s1. The normalized spacial score (nSPS) is 15.3. The summed E-state index contributed by atoms with van der Waals surface area (Å²) in [4.78, 5) is 35.8. The zero-order valence-corrected chi connectivity index (χ0v) is 16.3. The van der Waals surface area contributed by atoms with E-state index in [-0.39, 0.29) is 11.5 Å². The number of aliphatic carboxylic acids is 1. The fourth-order valence-corrected chi connectivity index (χ4v) is 3.58. The highest BCUT2D eigenvalue weighted by Gasteiger charge is 2.25. The van der Waals surface area contributed by atoms with Crippen LogP contribution in [0.3, 0.4) is 0 Å². The Bertz CT molecular complexity index is 961. The van der Waals surface area contributed by atoms with Crippen LogP contribution in [0.15, 0.2) is 27.4 Å². The first kappa shape index (κ1) is 19.9. The third kappa shape index (κ3) is 4.18.